The van der Waals surface area contributed by atoms with E-state index in [4.69, 9.17) is 0 Å². The molecule has 42 heavy (non-hydrogen) atoms. The van der Waals surface area contributed by atoms with Crippen molar-refractivity contribution in [3.05, 3.63) is 74.2 Å². The number of carbonyl (C=O) groups excluding carboxylic acids is 1. The molecule has 1 heterocycles. The molecule has 2 aromatic rings. The Bertz CT molecular complexity index is 1360. The summed E-state index contributed by atoms with van der Waals surface area (Å²) in [6.45, 7) is 15.6. The molecule has 1 atom stereocenters. The first-order valence-corrected chi connectivity index (χ1v) is 15.7. The molecule has 7 nitrogen and oxygen atoms in total. The maximum atomic E-state index is 13.9. The summed E-state index contributed by atoms with van der Waals surface area (Å²) >= 11 is 0. The van der Waals surface area contributed by atoms with Crippen molar-refractivity contribution in [2.75, 3.05) is 32.6 Å². The van der Waals surface area contributed by atoms with E-state index in [1.54, 1.807) is 0 Å². The van der Waals surface area contributed by atoms with Crippen LogP contribution in [0.3, 0.4) is 0 Å². The second kappa shape index (κ2) is 14.8. The molecular formula is C35H54N5O2+. The average Bonchev–Trinajstić information content (AvgIpc) is 2.96. The van der Waals surface area contributed by atoms with Crippen LogP contribution >= 0.6 is 0 Å². The van der Waals surface area contributed by atoms with Crippen LogP contribution in [0.2, 0.25) is 0 Å². The minimum Gasteiger partial charge on any atom is -0.369 e. The van der Waals surface area contributed by atoms with Gasteiger partial charge < -0.3 is 20.1 Å². The number of aromatic amines is 1. The van der Waals surface area contributed by atoms with Crippen molar-refractivity contribution in [2.24, 2.45) is 0 Å². The number of H-pyrrole nitrogens is 1. The zero-order chi connectivity index (χ0) is 31.1. The number of anilines is 1. The van der Waals surface area contributed by atoms with Crippen molar-refractivity contribution in [1.82, 2.24) is 15.2 Å². The lowest BCUT2D eigenvalue weighted by Gasteiger charge is -2.40. The first-order chi connectivity index (χ1) is 19.9. The fraction of sp³-hybridized carbons (Fsp3) is 0.571. The molecule has 0 saturated heterocycles. The molecule has 1 aliphatic rings. The van der Waals surface area contributed by atoms with Crippen LogP contribution < -0.4 is 15.8 Å². The van der Waals surface area contributed by atoms with Crippen molar-refractivity contribution >= 4 is 17.3 Å². The van der Waals surface area contributed by atoms with Gasteiger partial charge in [-0.05, 0) is 111 Å². The number of carbonyl (C=O) groups is 1. The summed E-state index contributed by atoms with van der Waals surface area (Å²) in [5.41, 5.74) is 7.03. The van der Waals surface area contributed by atoms with Gasteiger partial charge in [-0.15, -0.1) is 0 Å². The number of nitrogens with one attached hydrogen (secondary N) is 2. The Morgan fingerprint density at radius 1 is 1.10 bits per heavy atom. The molecule has 1 aromatic heterocycles. The van der Waals surface area contributed by atoms with Crippen LogP contribution in [0, 0.1) is 20.8 Å². The topological polar surface area (TPSA) is 71.5 Å². The minimum atomic E-state index is -0.159. The van der Waals surface area contributed by atoms with Gasteiger partial charge in [0.05, 0.1) is 0 Å². The monoisotopic (exact) mass is 576 g/mol. The summed E-state index contributed by atoms with van der Waals surface area (Å²) in [5, 5.41) is 3.08. The van der Waals surface area contributed by atoms with Crippen LogP contribution in [0.15, 0.2) is 35.1 Å². The van der Waals surface area contributed by atoms with E-state index in [1.165, 1.54) is 12.8 Å². The number of nitrogens with zero attached hydrogens (tertiary/aromatic N) is 3. The van der Waals surface area contributed by atoms with Crippen LogP contribution in [0.5, 0.6) is 0 Å². The molecule has 1 unspecified atom stereocenters. The van der Waals surface area contributed by atoms with Crippen LogP contribution in [-0.2, 0) is 6.54 Å². The van der Waals surface area contributed by atoms with Gasteiger partial charge in [-0.2, -0.15) is 0 Å². The number of rotatable bonds is 11. The summed E-state index contributed by atoms with van der Waals surface area (Å²) in [4.78, 5) is 34.3. The Morgan fingerprint density at radius 2 is 1.74 bits per heavy atom. The molecule has 1 amide bonds. The van der Waals surface area contributed by atoms with Crippen molar-refractivity contribution in [3.63, 3.8) is 0 Å². The third kappa shape index (κ3) is 7.60. The summed E-state index contributed by atoms with van der Waals surface area (Å²) < 4.78 is 2.31. The first-order valence-electron chi connectivity index (χ1n) is 15.7. The smallest absolute Gasteiger partial charge is 0.253 e. The Hall–Kier alpha value is -3.19. The van der Waals surface area contributed by atoms with Crippen LogP contribution in [-0.4, -0.2) is 71.9 Å². The van der Waals surface area contributed by atoms with Gasteiger partial charge in [0.15, 0.2) is 0 Å². The number of amides is 1. The van der Waals surface area contributed by atoms with Crippen LogP contribution in [0.1, 0.15) is 98.1 Å². The summed E-state index contributed by atoms with van der Waals surface area (Å²) in [6.07, 6.45) is 9.86. The van der Waals surface area contributed by atoms with E-state index < -0.39 is 0 Å². The summed E-state index contributed by atoms with van der Waals surface area (Å²) in [6, 6.07) is 7.67. The molecular weight excluding hydrogens is 522 g/mol. The maximum absolute atomic E-state index is 13.9. The predicted octanol–water partition coefficient (Wildman–Crippen LogP) is 5.74. The normalized spacial score (nSPS) is 18.7. The molecule has 0 radical (unpaired) electrons. The number of aromatic nitrogens is 1. The molecule has 2 N–H and O–H groups in total. The van der Waals surface area contributed by atoms with E-state index in [1.807, 2.05) is 32.9 Å². The van der Waals surface area contributed by atoms with Crippen LogP contribution in [0.25, 0.3) is 0 Å². The fourth-order valence-corrected chi connectivity index (χ4v) is 6.34. The van der Waals surface area contributed by atoms with E-state index in [-0.39, 0.29) is 18.0 Å². The van der Waals surface area contributed by atoms with Crippen molar-refractivity contribution in [1.29, 1.82) is 0 Å². The highest BCUT2D eigenvalue weighted by atomic mass is 16.1. The zero-order valence-electron chi connectivity index (χ0n) is 27.7. The lowest BCUT2D eigenvalue weighted by molar-refractivity contribution is -0.533. The molecule has 0 spiro atoms. The molecule has 1 fully saturated rings. The minimum absolute atomic E-state index is 0.150. The van der Waals surface area contributed by atoms with Gasteiger partial charge in [-0.3, -0.25) is 9.59 Å². The largest absolute Gasteiger partial charge is 0.369 e. The summed E-state index contributed by atoms with van der Waals surface area (Å²) in [7, 11) is 6.49. The van der Waals surface area contributed by atoms with E-state index >= 15 is 0 Å². The Morgan fingerprint density at radius 3 is 2.29 bits per heavy atom. The third-order valence-corrected chi connectivity index (χ3v) is 9.28. The fourth-order valence-electron chi connectivity index (χ4n) is 6.34. The molecule has 3 rings (SSSR count). The van der Waals surface area contributed by atoms with E-state index in [0.717, 1.165) is 59.6 Å². The van der Waals surface area contributed by atoms with Gasteiger partial charge in [0.25, 0.3) is 11.5 Å². The SMILES string of the molecule is CC=CC(c1cc(C(=O)NCc2c(C)cc(C)[nH]c2=O)c(C)c(N(CC)C2CCC(N(C)C)CC2)c1)=[N+](C)C(C)CC. The first kappa shape index (κ1) is 33.3. The van der Waals surface area contributed by atoms with Gasteiger partial charge >= 0.3 is 0 Å². The highest BCUT2D eigenvalue weighted by Gasteiger charge is 2.29. The number of pyridine rings is 1. The van der Waals surface area contributed by atoms with Crippen molar-refractivity contribution in [2.45, 2.75) is 105 Å². The molecule has 0 aliphatic heterocycles. The summed E-state index contributed by atoms with van der Waals surface area (Å²) in [5.74, 6) is -0.159. The van der Waals surface area contributed by atoms with Gasteiger partial charge in [0.2, 0.25) is 5.71 Å². The molecule has 1 aromatic carbocycles. The third-order valence-electron chi connectivity index (χ3n) is 9.28. The van der Waals surface area contributed by atoms with Gasteiger partial charge in [-0.1, -0.05) is 13.0 Å². The molecule has 1 saturated carbocycles. The second-order valence-corrected chi connectivity index (χ2v) is 12.3. The van der Waals surface area contributed by atoms with E-state index in [2.05, 4.69) is 91.7 Å². The zero-order valence-corrected chi connectivity index (χ0v) is 27.7. The molecule has 0 bridgehead atoms. The van der Waals surface area contributed by atoms with Crippen molar-refractivity contribution in [3.8, 4) is 0 Å². The molecule has 1 aliphatic carbocycles. The molecule has 230 valence electrons. The van der Waals surface area contributed by atoms with E-state index in [9.17, 15) is 9.59 Å². The lowest BCUT2D eigenvalue weighted by atomic mass is 9.88. The number of hydrogen-bond donors (Lipinski definition) is 2. The Balaban J connectivity index is 2.11. The van der Waals surface area contributed by atoms with Gasteiger partial charge in [0.1, 0.15) is 13.1 Å². The Labute approximate surface area is 253 Å². The maximum Gasteiger partial charge on any atom is 0.253 e. The highest BCUT2D eigenvalue weighted by molar-refractivity contribution is 6.08. The average molecular weight is 577 g/mol. The van der Waals surface area contributed by atoms with Gasteiger partial charge in [-0.25, -0.2) is 4.58 Å². The number of aryl methyl sites for hydroxylation is 2. The van der Waals surface area contributed by atoms with Gasteiger partial charge in [0, 0.05) is 65.7 Å². The number of benzene rings is 1. The van der Waals surface area contributed by atoms with Crippen LogP contribution in [0.4, 0.5) is 5.69 Å². The quantitative estimate of drug-likeness (QED) is 0.265. The predicted molar refractivity (Wildman–Crippen MR) is 176 cm³/mol. The van der Waals surface area contributed by atoms with Crippen molar-refractivity contribution < 1.29 is 9.37 Å². The highest BCUT2D eigenvalue weighted by Crippen LogP contribution is 2.33. The second-order valence-electron chi connectivity index (χ2n) is 12.3. The lowest BCUT2D eigenvalue weighted by Crippen LogP contribution is -2.42. The van der Waals surface area contributed by atoms with E-state index in [0.29, 0.717) is 29.3 Å². The number of allylic oxidation sites excluding steroid dienone is 2. The Kier molecular flexibility index (Phi) is 11.7. The number of hydrogen-bond acceptors (Lipinski definition) is 4. The standard InChI is InChI=1S/C35H53N5O2/c1-11-14-32(39(10)25(6)12-2)27-20-30(34(41)36-22-31-23(4)19-24(5)37-35(31)42)26(7)33(21-27)40(13-3)29-17-15-28(16-18-29)38(8)9/h11,14,19-21,25,28-29H,12-13,15-18,22H2,1-10H3,(H-,36,37,41,42)/p+1. The molecule has 7 heteroatoms.